The predicted molar refractivity (Wildman–Crippen MR) is 137 cm³/mol. The van der Waals surface area contributed by atoms with E-state index in [2.05, 4.69) is 23.2 Å². The lowest BCUT2D eigenvalue weighted by molar-refractivity contribution is 0.0922. The van der Waals surface area contributed by atoms with Gasteiger partial charge in [-0.1, -0.05) is 60.5 Å². The molecule has 0 bridgehead atoms. The number of rotatable bonds is 6. The van der Waals surface area contributed by atoms with Gasteiger partial charge >= 0.3 is 0 Å². The molecular formula is C27H27Cl2N3O2. The Kier molecular flexibility index (Phi) is 7.33. The van der Waals surface area contributed by atoms with Gasteiger partial charge in [-0.2, -0.15) is 5.26 Å². The fourth-order valence-electron chi connectivity index (χ4n) is 4.88. The molecule has 3 aromatic rings. The summed E-state index contributed by atoms with van der Waals surface area (Å²) in [5, 5.41) is 15.4. The highest BCUT2D eigenvalue weighted by atomic mass is 35.5. The Hall–Kier alpha value is -2.78. The zero-order valence-corrected chi connectivity index (χ0v) is 20.8. The molecule has 1 heterocycles. The van der Waals surface area contributed by atoms with Crippen molar-refractivity contribution in [3.63, 3.8) is 0 Å². The molecule has 0 saturated carbocycles. The van der Waals surface area contributed by atoms with Gasteiger partial charge in [0.15, 0.2) is 0 Å². The highest BCUT2D eigenvalue weighted by molar-refractivity contribution is 6.42. The third-order valence-electron chi connectivity index (χ3n) is 6.93. The summed E-state index contributed by atoms with van der Waals surface area (Å²) in [6, 6.07) is 17.2. The molecule has 1 N–H and O–H groups in total. The maximum atomic E-state index is 13.6. The van der Waals surface area contributed by atoms with E-state index in [0.29, 0.717) is 33.5 Å². The van der Waals surface area contributed by atoms with Crippen molar-refractivity contribution in [1.29, 1.82) is 5.26 Å². The van der Waals surface area contributed by atoms with Crippen LogP contribution >= 0.6 is 23.2 Å². The van der Waals surface area contributed by atoms with Crippen LogP contribution in [-0.2, 0) is 5.41 Å². The Balaban J connectivity index is 1.70. The van der Waals surface area contributed by atoms with Crippen LogP contribution in [0.3, 0.4) is 0 Å². The minimum absolute atomic E-state index is 0.262. The molecule has 0 aliphatic carbocycles. The highest BCUT2D eigenvalue weighted by Crippen LogP contribution is 2.38. The zero-order chi connectivity index (χ0) is 24.3. The van der Waals surface area contributed by atoms with Gasteiger partial charge in [0, 0.05) is 12.0 Å². The summed E-state index contributed by atoms with van der Waals surface area (Å²) in [7, 11) is 1.49. The molecule has 1 aliphatic heterocycles. The van der Waals surface area contributed by atoms with E-state index in [4.69, 9.17) is 27.9 Å². The first-order chi connectivity index (χ1) is 16.4. The van der Waals surface area contributed by atoms with E-state index in [-0.39, 0.29) is 11.3 Å². The minimum Gasteiger partial charge on any atom is -0.495 e. The molecule has 1 aliphatic rings. The van der Waals surface area contributed by atoms with E-state index in [1.807, 2.05) is 42.5 Å². The maximum Gasteiger partial charge on any atom is 0.255 e. The molecule has 7 heteroatoms. The Bertz CT molecular complexity index is 1260. The van der Waals surface area contributed by atoms with Gasteiger partial charge in [-0.25, -0.2) is 0 Å². The first-order valence-corrected chi connectivity index (χ1v) is 12.1. The number of carbonyl (C=O) groups excluding carboxylic acids is 1. The number of hydrogen-bond donors (Lipinski definition) is 1. The number of amides is 1. The quantitative estimate of drug-likeness (QED) is 0.468. The van der Waals surface area contributed by atoms with Crippen LogP contribution in [0.5, 0.6) is 5.75 Å². The molecule has 0 radical (unpaired) electrons. The van der Waals surface area contributed by atoms with Crippen LogP contribution in [0, 0.1) is 11.3 Å². The van der Waals surface area contributed by atoms with Gasteiger partial charge in [0.25, 0.3) is 5.91 Å². The number of nitriles is 1. The SMILES string of the molecule is CCN1CCC(CNC(=O)c2c(OC)c(C#N)cc3ccccc23)(c2ccc(Cl)c(Cl)c2)CC1. The molecule has 0 spiro atoms. The number of benzene rings is 3. The number of likely N-dealkylation sites (tertiary alicyclic amines) is 1. The third-order valence-corrected chi connectivity index (χ3v) is 7.67. The molecule has 0 aromatic heterocycles. The Morgan fingerprint density at radius 1 is 1.15 bits per heavy atom. The second-order valence-corrected chi connectivity index (χ2v) is 9.51. The topological polar surface area (TPSA) is 65.4 Å². The Labute approximate surface area is 210 Å². The summed E-state index contributed by atoms with van der Waals surface area (Å²) in [4.78, 5) is 16.0. The number of nitrogens with one attached hydrogen (secondary N) is 1. The van der Waals surface area contributed by atoms with Crippen molar-refractivity contribution in [2.24, 2.45) is 0 Å². The predicted octanol–water partition coefficient (Wildman–Crippen LogP) is 5.81. The van der Waals surface area contributed by atoms with E-state index < -0.39 is 0 Å². The fourth-order valence-corrected chi connectivity index (χ4v) is 5.18. The maximum absolute atomic E-state index is 13.6. The van der Waals surface area contributed by atoms with Crippen molar-refractivity contribution in [2.75, 3.05) is 33.3 Å². The standard InChI is InChI=1S/C27H27Cl2N3O2/c1-3-32-12-10-27(11-13-32,20-8-9-22(28)23(29)15-20)17-31-26(33)24-21-7-5-4-6-18(21)14-19(16-30)25(24)34-2/h4-9,14-15H,3,10-13,17H2,1-2H3,(H,31,33). The van der Waals surface area contributed by atoms with Crippen LogP contribution in [0.15, 0.2) is 48.5 Å². The van der Waals surface area contributed by atoms with Crippen molar-refractivity contribution >= 4 is 39.9 Å². The largest absolute Gasteiger partial charge is 0.495 e. The molecule has 176 valence electrons. The van der Waals surface area contributed by atoms with E-state index in [1.54, 1.807) is 6.07 Å². The third kappa shape index (κ3) is 4.59. The van der Waals surface area contributed by atoms with E-state index in [1.165, 1.54) is 7.11 Å². The number of nitrogens with zero attached hydrogens (tertiary/aromatic N) is 2. The van der Waals surface area contributed by atoms with Gasteiger partial charge in [0.05, 0.1) is 28.3 Å². The highest BCUT2D eigenvalue weighted by Gasteiger charge is 2.37. The number of hydrogen-bond acceptors (Lipinski definition) is 4. The molecular weight excluding hydrogens is 469 g/mol. The smallest absolute Gasteiger partial charge is 0.255 e. The fraction of sp³-hybridized carbons (Fsp3) is 0.333. The van der Waals surface area contributed by atoms with Crippen molar-refractivity contribution in [3.05, 3.63) is 75.3 Å². The van der Waals surface area contributed by atoms with Gasteiger partial charge in [0.2, 0.25) is 0 Å². The molecule has 34 heavy (non-hydrogen) atoms. The average Bonchev–Trinajstić information content (AvgIpc) is 2.87. The molecule has 3 aromatic carbocycles. The number of ether oxygens (including phenoxy) is 1. The first-order valence-electron chi connectivity index (χ1n) is 11.4. The summed E-state index contributed by atoms with van der Waals surface area (Å²) in [5.74, 6) is 0.0330. The van der Waals surface area contributed by atoms with Crippen molar-refractivity contribution in [2.45, 2.75) is 25.2 Å². The molecule has 5 nitrogen and oxygen atoms in total. The average molecular weight is 496 g/mol. The van der Waals surface area contributed by atoms with Crippen LogP contribution in [-0.4, -0.2) is 44.1 Å². The number of halogens is 2. The summed E-state index contributed by atoms with van der Waals surface area (Å²) < 4.78 is 5.53. The number of methoxy groups -OCH3 is 1. The molecule has 0 atom stereocenters. The summed E-state index contributed by atoms with van der Waals surface area (Å²) in [5.41, 5.74) is 1.51. The molecule has 4 rings (SSSR count). The van der Waals surface area contributed by atoms with Gasteiger partial charge in [-0.3, -0.25) is 4.79 Å². The summed E-state index contributed by atoms with van der Waals surface area (Å²) in [6.07, 6.45) is 1.77. The van der Waals surface area contributed by atoms with Crippen LogP contribution in [0.1, 0.15) is 41.3 Å². The second-order valence-electron chi connectivity index (χ2n) is 8.69. The molecule has 1 amide bonds. The minimum atomic E-state index is -0.272. The second kappa shape index (κ2) is 10.2. The summed E-state index contributed by atoms with van der Waals surface area (Å²) in [6.45, 7) is 5.46. The summed E-state index contributed by atoms with van der Waals surface area (Å²) >= 11 is 12.6. The van der Waals surface area contributed by atoms with Crippen LogP contribution in [0.4, 0.5) is 0 Å². The van der Waals surface area contributed by atoms with E-state index in [9.17, 15) is 10.1 Å². The van der Waals surface area contributed by atoms with Crippen LogP contribution < -0.4 is 10.1 Å². The Morgan fingerprint density at radius 2 is 1.88 bits per heavy atom. The number of carbonyl (C=O) groups is 1. The van der Waals surface area contributed by atoms with Crippen molar-refractivity contribution in [1.82, 2.24) is 10.2 Å². The lowest BCUT2D eigenvalue weighted by Gasteiger charge is -2.42. The van der Waals surface area contributed by atoms with Gasteiger partial charge < -0.3 is 15.0 Å². The molecule has 1 fully saturated rings. The van der Waals surface area contributed by atoms with Crippen LogP contribution in [0.25, 0.3) is 10.8 Å². The Morgan fingerprint density at radius 3 is 2.53 bits per heavy atom. The number of piperidine rings is 1. The zero-order valence-electron chi connectivity index (χ0n) is 19.3. The molecule has 0 unspecified atom stereocenters. The lowest BCUT2D eigenvalue weighted by Crippen LogP contribution is -2.49. The normalized spacial score (nSPS) is 15.6. The monoisotopic (exact) mass is 495 g/mol. The first kappa shape index (κ1) is 24.3. The van der Waals surface area contributed by atoms with E-state index >= 15 is 0 Å². The molecule has 1 saturated heterocycles. The van der Waals surface area contributed by atoms with Crippen molar-refractivity contribution in [3.8, 4) is 11.8 Å². The number of fused-ring (bicyclic) bond motifs is 1. The van der Waals surface area contributed by atoms with Gasteiger partial charge in [0.1, 0.15) is 11.8 Å². The van der Waals surface area contributed by atoms with Gasteiger partial charge in [-0.05, 0) is 67.0 Å². The van der Waals surface area contributed by atoms with Crippen LogP contribution in [0.2, 0.25) is 10.0 Å². The lowest BCUT2D eigenvalue weighted by atomic mass is 9.72. The van der Waals surface area contributed by atoms with E-state index in [0.717, 1.165) is 48.8 Å². The van der Waals surface area contributed by atoms with Crippen molar-refractivity contribution < 1.29 is 9.53 Å². The van der Waals surface area contributed by atoms with Gasteiger partial charge in [-0.15, -0.1) is 0 Å².